The van der Waals surface area contributed by atoms with Gasteiger partial charge in [0.05, 0.1) is 17.0 Å². The number of carbonyl (C=O) groups excluding carboxylic acids is 1. The largest absolute Gasteiger partial charge is 0.478 e. The van der Waals surface area contributed by atoms with Crippen molar-refractivity contribution in [2.45, 2.75) is 26.7 Å². The van der Waals surface area contributed by atoms with E-state index in [4.69, 9.17) is 5.11 Å². The van der Waals surface area contributed by atoms with Gasteiger partial charge < -0.3 is 10.4 Å². The van der Waals surface area contributed by atoms with Gasteiger partial charge in [-0.15, -0.1) is 0 Å². The van der Waals surface area contributed by atoms with E-state index in [1.165, 1.54) is 12.1 Å². The molecule has 2 aromatic rings. The van der Waals surface area contributed by atoms with Crippen LogP contribution in [-0.4, -0.2) is 31.2 Å². The van der Waals surface area contributed by atoms with Crippen LogP contribution in [0.1, 0.15) is 34.8 Å². The molecule has 0 radical (unpaired) electrons. The van der Waals surface area contributed by atoms with E-state index in [-0.39, 0.29) is 23.6 Å². The van der Waals surface area contributed by atoms with Crippen molar-refractivity contribution in [3.8, 4) is 0 Å². The fourth-order valence-corrected chi connectivity index (χ4v) is 3.10. The molecular weight excluding hydrogens is 368 g/mol. The minimum Gasteiger partial charge on any atom is -0.478 e. The van der Waals surface area contributed by atoms with E-state index in [2.05, 4.69) is 10.0 Å². The van der Waals surface area contributed by atoms with Crippen LogP contribution in [-0.2, 0) is 21.2 Å². The predicted octanol–water partition coefficient (Wildman–Crippen LogP) is 3.03. The smallest absolute Gasteiger partial charge is 0.335 e. The summed E-state index contributed by atoms with van der Waals surface area (Å²) in [6.45, 7) is 3.31. The molecule has 0 heterocycles. The van der Waals surface area contributed by atoms with Crippen LogP contribution in [0.25, 0.3) is 0 Å². The van der Waals surface area contributed by atoms with Crippen LogP contribution < -0.4 is 10.0 Å². The zero-order chi connectivity index (χ0) is 20.0. The molecule has 0 fully saturated rings. The van der Waals surface area contributed by atoms with Crippen molar-refractivity contribution in [3.05, 3.63) is 59.2 Å². The Morgan fingerprint density at radius 2 is 1.74 bits per heavy atom. The number of rotatable bonds is 8. The first-order chi connectivity index (χ1) is 12.7. The van der Waals surface area contributed by atoms with Crippen LogP contribution >= 0.6 is 0 Å². The van der Waals surface area contributed by atoms with E-state index in [1.54, 1.807) is 44.2 Å². The second kappa shape index (κ2) is 8.68. The summed E-state index contributed by atoms with van der Waals surface area (Å²) in [5, 5.41) is 11.7. The SMILES string of the molecule is CCS(=O)(=O)Nc1ccc(NC(=O)CCc2ccc(C(=O)O)cc2)cc1C. The molecule has 3 N–H and O–H groups in total. The lowest BCUT2D eigenvalue weighted by Gasteiger charge is -2.12. The molecule has 0 saturated carbocycles. The van der Waals surface area contributed by atoms with Crippen molar-refractivity contribution in [2.24, 2.45) is 0 Å². The molecular formula is C19H22N2O5S. The van der Waals surface area contributed by atoms with Gasteiger partial charge in [-0.1, -0.05) is 12.1 Å². The number of carbonyl (C=O) groups is 2. The topological polar surface area (TPSA) is 113 Å². The molecule has 2 aromatic carbocycles. The monoisotopic (exact) mass is 390 g/mol. The lowest BCUT2D eigenvalue weighted by atomic mass is 10.1. The van der Waals surface area contributed by atoms with E-state index in [1.807, 2.05) is 0 Å². The van der Waals surface area contributed by atoms with Crippen LogP contribution in [0.2, 0.25) is 0 Å². The van der Waals surface area contributed by atoms with Gasteiger partial charge in [0.1, 0.15) is 0 Å². The second-order valence-electron chi connectivity index (χ2n) is 6.09. The zero-order valence-electron chi connectivity index (χ0n) is 15.2. The highest BCUT2D eigenvalue weighted by molar-refractivity contribution is 7.92. The Labute approximate surface area is 158 Å². The van der Waals surface area contributed by atoms with Gasteiger partial charge in [0.15, 0.2) is 0 Å². The van der Waals surface area contributed by atoms with Crippen molar-refractivity contribution < 1.29 is 23.1 Å². The fourth-order valence-electron chi connectivity index (χ4n) is 2.39. The van der Waals surface area contributed by atoms with Gasteiger partial charge in [0.25, 0.3) is 0 Å². The number of anilines is 2. The number of carboxylic acids is 1. The van der Waals surface area contributed by atoms with Gasteiger partial charge in [0, 0.05) is 12.1 Å². The van der Waals surface area contributed by atoms with Crippen LogP contribution in [0, 0.1) is 6.92 Å². The van der Waals surface area contributed by atoms with Crippen LogP contribution in [0.3, 0.4) is 0 Å². The highest BCUT2D eigenvalue weighted by Gasteiger charge is 2.10. The summed E-state index contributed by atoms with van der Waals surface area (Å²) in [5.74, 6) is -1.18. The molecule has 7 nitrogen and oxygen atoms in total. The Kier molecular flexibility index (Phi) is 6.57. The van der Waals surface area contributed by atoms with E-state index in [0.717, 1.165) is 5.56 Å². The Hall–Kier alpha value is -2.87. The molecule has 0 spiro atoms. The van der Waals surface area contributed by atoms with Crippen LogP contribution in [0.5, 0.6) is 0 Å². The highest BCUT2D eigenvalue weighted by Crippen LogP contribution is 2.21. The van der Waals surface area contributed by atoms with E-state index in [9.17, 15) is 18.0 Å². The number of aryl methyl sites for hydroxylation is 2. The number of aromatic carboxylic acids is 1. The van der Waals surface area contributed by atoms with E-state index < -0.39 is 16.0 Å². The maximum absolute atomic E-state index is 12.1. The molecule has 1 amide bonds. The molecule has 0 atom stereocenters. The molecule has 0 aromatic heterocycles. The Morgan fingerprint density at radius 3 is 2.30 bits per heavy atom. The Morgan fingerprint density at radius 1 is 1.07 bits per heavy atom. The zero-order valence-corrected chi connectivity index (χ0v) is 16.0. The van der Waals surface area contributed by atoms with E-state index >= 15 is 0 Å². The number of sulfonamides is 1. The first-order valence-electron chi connectivity index (χ1n) is 8.43. The number of amides is 1. The van der Waals surface area contributed by atoms with Crippen molar-refractivity contribution >= 4 is 33.3 Å². The van der Waals surface area contributed by atoms with Crippen molar-refractivity contribution in [3.63, 3.8) is 0 Å². The predicted molar refractivity (Wildman–Crippen MR) is 105 cm³/mol. The van der Waals surface area contributed by atoms with Gasteiger partial charge in [-0.25, -0.2) is 13.2 Å². The summed E-state index contributed by atoms with van der Waals surface area (Å²) in [6.07, 6.45) is 0.731. The summed E-state index contributed by atoms with van der Waals surface area (Å²) in [4.78, 5) is 22.9. The molecule has 2 rings (SSSR count). The number of benzene rings is 2. The molecule has 0 aliphatic rings. The van der Waals surface area contributed by atoms with Crippen LogP contribution in [0.4, 0.5) is 11.4 Å². The third kappa shape index (κ3) is 6.10. The van der Waals surface area contributed by atoms with Crippen molar-refractivity contribution in [1.82, 2.24) is 0 Å². The molecule has 8 heteroatoms. The number of nitrogens with one attached hydrogen (secondary N) is 2. The van der Waals surface area contributed by atoms with Crippen molar-refractivity contribution in [2.75, 3.05) is 15.8 Å². The van der Waals surface area contributed by atoms with Gasteiger partial charge in [-0.3, -0.25) is 9.52 Å². The molecule has 0 saturated heterocycles. The maximum atomic E-state index is 12.1. The molecule has 0 unspecified atom stereocenters. The summed E-state index contributed by atoms with van der Waals surface area (Å²) < 4.78 is 25.8. The van der Waals surface area contributed by atoms with Gasteiger partial charge >= 0.3 is 5.97 Å². The molecule has 27 heavy (non-hydrogen) atoms. The lowest BCUT2D eigenvalue weighted by Crippen LogP contribution is -2.16. The third-order valence-electron chi connectivity index (χ3n) is 4.00. The molecule has 0 aliphatic heterocycles. The fraction of sp³-hybridized carbons (Fsp3) is 0.263. The summed E-state index contributed by atoms with van der Waals surface area (Å²) in [5.41, 5.74) is 2.84. The standard InChI is InChI=1S/C19H22N2O5S/c1-3-27(25,26)21-17-10-9-16(12-13(17)2)20-18(22)11-6-14-4-7-15(8-5-14)19(23)24/h4-5,7-10,12,21H,3,6,11H2,1-2H3,(H,20,22)(H,23,24). The second-order valence-corrected chi connectivity index (χ2v) is 8.10. The Balaban J connectivity index is 1.93. The molecule has 0 aliphatic carbocycles. The van der Waals surface area contributed by atoms with Gasteiger partial charge in [0.2, 0.25) is 15.9 Å². The summed E-state index contributed by atoms with van der Waals surface area (Å²) in [6, 6.07) is 11.4. The van der Waals surface area contributed by atoms with Crippen LogP contribution in [0.15, 0.2) is 42.5 Å². The average molecular weight is 390 g/mol. The van der Waals surface area contributed by atoms with Gasteiger partial charge in [-0.05, 0) is 61.7 Å². The minimum atomic E-state index is -3.35. The summed E-state index contributed by atoms with van der Waals surface area (Å²) in [7, 11) is -3.35. The van der Waals surface area contributed by atoms with E-state index in [0.29, 0.717) is 23.4 Å². The number of carboxylic acid groups (broad SMARTS) is 1. The molecule has 144 valence electrons. The lowest BCUT2D eigenvalue weighted by molar-refractivity contribution is -0.116. The normalized spacial score (nSPS) is 11.0. The number of hydrogen-bond acceptors (Lipinski definition) is 4. The number of hydrogen-bond donors (Lipinski definition) is 3. The quantitative estimate of drug-likeness (QED) is 0.641. The minimum absolute atomic E-state index is 0.0155. The summed E-state index contributed by atoms with van der Waals surface area (Å²) >= 11 is 0. The average Bonchev–Trinajstić information content (AvgIpc) is 2.62. The first-order valence-corrected chi connectivity index (χ1v) is 10.1. The first kappa shape index (κ1) is 20.4. The maximum Gasteiger partial charge on any atom is 0.335 e. The Bertz CT molecular complexity index is 937. The van der Waals surface area contributed by atoms with Gasteiger partial charge in [-0.2, -0.15) is 0 Å². The molecule has 0 bridgehead atoms. The van der Waals surface area contributed by atoms with Crippen molar-refractivity contribution in [1.29, 1.82) is 0 Å². The highest BCUT2D eigenvalue weighted by atomic mass is 32.2. The third-order valence-corrected chi connectivity index (χ3v) is 5.29.